The molecular weight excluding hydrogens is 452 g/mol. The number of ether oxygens (including phenoxy) is 1. The molecule has 1 aliphatic heterocycles. The Hall–Kier alpha value is -4.30. The summed E-state index contributed by atoms with van der Waals surface area (Å²) in [5, 5.41) is 9.25. The first kappa shape index (κ1) is 22.9. The minimum Gasteiger partial charge on any atom is -0.479 e. The zero-order valence-electron chi connectivity index (χ0n) is 18.1. The van der Waals surface area contributed by atoms with Gasteiger partial charge >= 0.3 is 5.97 Å². The van der Waals surface area contributed by atoms with Crippen LogP contribution in [0.4, 0.5) is 11.4 Å². The smallest absolute Gasteiger partial charge is 0.344 e. The van der Waals surface area contributed by atoms with Crippen LogP contribution in [0.15, 0.2) is 90.5 Å². The van der Waals surface area contributed by atoms with Crippen molar-refractivity contribution in [2.24, 2.45) is 0 Å². The zero-order valence-corrected chi connectivity index (χ0v) is 18.9. The normalized spacial score (nSPS) is 14.7. The summed E-state index contributed by atoms with van der Waals surface area (Å²) in [6.07, 6.45) is 0.286. The number of aliphatic carboxylic acids is 1. The zero-order chi connectivity index (χ0) is 24.2. The molecule has 0 unspecified atom stereocenters. The van der Waals surface area contributed by atoms with Crippen LogP contribution < -0.4 is 14.5 Å². The maximum Gasteiger partial charge on any atom is 0.344 e. The number of carboxylic acids is 1. The van der Waals surface area contributed by atoms with Crippen LogP contribution in [0.2, 0.25) is 0 Å². The fourth-order valence-corrected chi connectivity index (χ4v) is 3.82. The number of amides is 2. The first-order chi connectivity index (χ1) is 16.4. The van der Waals surface area contributed by atoms with Crippen molar-refractivity contribution >= 4 is 52.6 Å². The number of carbonyl (C=O) groups is 3. The molecule has 3 aromatic rings. The van der Waals surface area contributed by atoms with E-state index in [1.54, 1.807) is 72.8 Å². The van der Waals surface area contributed by atoms with Gasteiger partial charge in [0.05, 0.1) is 11.4 Å². The average Bonchev–Trinajstić information content (AvgIpc) is 2.84. The molecule has 0 saturated carbocycles. The van der Waals surface area contributed by atoms with E-state index in [0.717, 1.165) is 0 Å². The van der Waals surface area contributed by atoms with Crippen molar-refractivity contribution < 1.29 is 24.2 Å². The van der Waals surface area contributed by atoms with Crippen molar-refractivity contribution in [1.29, 1.82) is 0 Å². The standard InChI is InChI=1S/C26H20N2O5S/c1-17(25(31)32)33-22-15-9-8-10-18(22)16-21-23(29)27(19-11-4-2-5-12-19)26(34)28(24(21)30)20-13-6-3-7-14-20/h2-17H,1H3,(H,31,32)/t17-/m1/s1. The summed E-state index contributed by atoms with van der Waals surface area (Å²) in [5.74, 6) is -2.08. The molecule has 170 valence electrons. The van der Waals surface area contributed by atoms with Crippen LogP contribution in [0.5, 0.6) is 5.75 Å². The number of benzene rings is 3. The lowest BCUT2D eigenvalue weighted by Crippen LogP contribution is -2.56. The molecule has 1 heterocycles. The second kappa shape index (κ2) is 9.68. The third-order valence-corrected chi connectivity index (χ3v) is 5.51. The molecule has 2 amide bonds. The van der Waals surface area contributed by atoms with E-state index >= 15 is 0 Å². The Morgan fingerprint density at radius 2 is 1.32 bits per heavy atom. The quantitative estimate of drug-likeness (QED) is 0.327. The third-order valence-electron chi connectivity index (χ3n) is 5.15. The van der Waals surface area contributed by atoms with Gasteiger partial charge in [-0.1, -0.05) is 54.6 Å². The highest BCUT2D eigenvalue weighted by Gasteiger charge is 2.41. The van der Waals surface area contributed by atoms with Crippen LogP contribution in [0.3, 0.4) is 0 Å². The number of thiocarbonyl (C=S) groups is 1. The van der Waals surface area contributed by atoms with Crippen LogP contribution in [-0.4, -0.2) is 34.1 Å². The summed E-state index contributed by atoms with van der Waals surface area (Å²) < 4.78 is 5.54. The van der Waals surface area contributed by atoms with Gasteiger partial charge in [0.25, 0.3) is 11.8 Å². The van der Waals surface area contributed by atoms with E-state index in [2.05, 4.69) is 0 Å². The van der Waals surface area contributed by atoms with Gasteiger partial charge in [0.1, 0.15) is 11.3 Å². The van der Waals surface area contributed by atoms with E-state index in [1.807, 2.05) is 12.1 Å². The molecule has 3 aromatic carbocycles. The lowest BCUT2D eigenvalue weighted by atomic mass is 10.0. The van der Waals surface area contributed by atoms with Gasteiger partial charge in [0.15, 0.2) is 11.2 Å². The highest BCUT2D eigenvalue weighted by molar-refractivity contribution is 7.81. The molecule has 1 aliphatic rings. The number of hydrogen-bond acceptors (Lipinski definition) is 5. The fraction of sp³-hybridized carbons (Fsp3) is 0.0769. The second-order valence-corrected chi connectivity index (χ2v) is 7.79. The van der Waals surface area contributed by atoms with Crippen molar-refractivity contribution in [3.8, 4) is 5.75 Å². The van der Waals surface area contributed by atoms with Crippen LogP contribution in [0, 0.1) is 0 Å². The number of carbonyl (C=O) groups excluding carboxylic acids is 2. The summed E-state index contributed by atoms with van der Waals surface area (Å²) in [6.45, 7) is 1.40. The molecular formula is C26H20N2O5S. The van der Waals surface area contributed by atoms with Gasteiger partial charge in [-0.2, -0.15) is 0 Å². The van der Waals surface area contributed by atoms with E-state index in [-0.39, 0.29) is 16.4 Å². The molecule has 0 spiro atoms. The van der Waals surface area contributed by atoms with Crippen molar-refractivity contribution in [3.63, 3.8) is 0 Å². The van der Waals surface area contributed by atoms with E-state index < -0.39 is 23.9 Å². The highest BCUT2D eigenvalue weighted by atomic mass is 32.1. The van der Waals surface area contributed by atoms with Crippen molar-refractivity contribution in [3.05, 3.63) is 96.1 Å². The first-order valence-electron chi connectivity index (χ1n) is 10.4. The van der Waals surface area contributed by atoms with E-state index in [4.69, 9.17) is 17.0 Å². The lowest BCUT2D eigenvalue weighted by molar-refractivity contribution is -0.144. The van der Waals surface area contributed by atoms with E-state index in [9.17, 15) is 19.5 Å². The Morgan fingerprint density at radius 1 is 0.853 bits per heavy atom. The second-order valence-electron chi connectivity index (χ2n) is 7.43. The molecule has 0 aliphatic carbocycles. The van der Waals surface area contributed by atoms with Crippen molar-refractivity contribution in [1.82, 2.24) is 0 Å². The predicted octanol–water partition coefficient (Wildman–Crippen LogP) is 4.29. The highest BCUT2D eigenvalue weighted by Crippen LogP contribution is 2.31. The number of rotatable bonds is 6. The molecule has 1 saturated heterocycles. The number of hydrogen-bond donors (Lipinski definition) is 1. The lowest BCUT2D eigenvalue weighted by Gasteiger charge is -2.36. The summed E-state index contributed by atoms with van der Waals surface area (Å²) in [6, 6.07) is 24.2. The third kappa shape index (κ3) is 4.44. The van der Waals surface area contributed by atoms with Gasteiger partial charge in [0.2, 0.25) is 0 Å². The Labute approximate surface area is 201 Å². The van der Waals surface area contributed by atoms with Gasteiger partial charge in [-0.3, -0.25) is 19.4 Å². The summed E-state index contributed by atoms with van der Waals surface area (Å²) in [7, 11) is 0. The number of carboxylic acid groups (broad SMARTS) is 1. The summed E-state index contributed by atoms with van der Waals surface area (Å²) in [5.41, 5.74) is 1.28. The maximum atomic E-state index is 13.6. The van der Waals surface area contributed by atoms with E-state index in [1.165, 1.54) is 22.8 Å². The van der Waals surface area contributed by atoms with Crippen LogP contribution in [0.25, 0.3) is 6.08 Å². The van der Waals surface area contributed by atoms with Crippen molar-refractivity contribution in [2.75, 3.05) is 9.80 Å². The monoisotopic (exact) mass is 472 g/mol. The molecule has 1 N–H and O–H groups in total. The molecule has 8 heteroatoms. The Bertz CT molecular complexity index is 1230. The molecule has 0 bridgehead atoms. The van der Waals surface area contributed by atoms with Crippen molar-refractivity contribution in [2.45, 2.75) is 13.0 Å². The Morgan fingerprint density at radius 3 is 1.82 bits per heavy atom. The Balaban J connectivity index is 1.84. The summed E-state index contributed by atoms with van der Waals surface area (Å²) in [4.78, 5) is 41.0. The van der Waals surface area contributed by atoms with Gasteiger partial charge in [-0.05, 0) is 55.5 Å². The van der Waals surface area contributed by atoms with Crippen LogP contribution in [-0.2, 0) is 14.4 Å². The maximum absolute atomic E-state index is 13.6. The molecule has 7 nitrogen and oxygen atoms in total. The minimum absolute atomic E-state index is 0.0357. The number of nitrogens with zero attached hydrogens (tertiary/aromatic N) is 2. The van der Waals surface area contributed by atoms with Crippen LogP contribution >= 0.6 is 12.2 Å². The SMILES string of the molecule is C[C@@H](Oc1ccccc1C=C1C(=O)N(c2ccccc2)C(=S)N(c2ccccc2)C1=O)C(=O)O. The number of para-hydroxylation sites is 3. The average molecular weight is 473 g/mol. The van der Waals surface area contributed by atoms with Gasteiger partial charge in [0, 0.05) is 5.56 Å². The molecule has 1 fully saturated rings. The van der Waals surface area contributed by atoms with Crippen LogP contribution in [0.1, 0.15) is 12.5 Å². The molecule has 0 radical (unpaired) electrons. The van der Waals surface area contributed by atoms with E-state index in [0.29, 0.717) is 16.9 Å². The first-order valence-corrected chi connectivity index (χ1v) is 10.8. The minimum atomic E-state index is -1.14. The largest absolute Gasteiger partial charge is 0.479 e. The van der Waals surface area contributed by atoms with Gasteiger partial charge in [-0.25, -0.2) is 4.79 Å². The topological polar surface area (TPSA) is 87.2 Å². The molecule has 34 heavy (non-hydrogen) atoms. The molecule has 0 aromatic heterocycles. The number of anilines is 2. The summed E-state index contributed by atoms with van der Waals surface area (Å²) >= 11 is 5.59. The predicted molar refractivity (Wildman–Crippen MR) is 133 cm³/mol. The van der Waals surface area contributed by atoms with Gasteiger partial charge in [-0.15, -0.1) is 0 Å². The Kier molecular flexibility index (Phi) is 6.51. The fourth-order valence-electron chi connectivity index (χ4n) is 3.44. The molecule has 4 rings (SSSR count). The molecule has 1 atom stereocenters. The van der Waals surface area contributed by atoms with Gasteiger partial charge < -0.3 is 9.84 Å².